The molecule has 0 aromatic heterocycles. The first-order valence-electron chi connectivity index (χ1n) is 10.3. The van der Waals surface area contributed by atoms with Gasteiger partial charge in [-0.1, -0.05) is 11.6 Å². The van der Waals surface area contributed by atoms with Crippen LogP contribution < -0.4 is 10.2 Å². The Hall–Kier alpha value is -2.13. The van der Waals surface area contributed by atoms with E-state index in [-0.39, 0.29) is 28.1 Å². The SMILES string of the molecule is O=C(COC(=O)c1ccc(N2C(=O)[C@@H]3C[C@@H](Cl)[C@@H](Cl)C[C@H]3C2=O)cc1)Nc1ccc(Br)c(Cl)c1. The smallest absolute Gasteiger partial charge is 0.338 e. The van der Waals surface area contributed by atoms with E-state index in [2.05, 4.69) is 21.2 Å². The molecule has 1 saturated carbocycles. The summed E-state index contributed by atoms with van der Waals surface area (Å²) in [7, 11) is 0. The molecule has 1 saturated heterocycles. The fourth-order valence-corrected chi connectivity index (χ4v) is 5.10. The van der Waals surface area contributed by atoms with Crippen LogP contribution in [0.25, 0.3) is 0 Å². The third kappa shape index (κ3) is 5.10. The van der Waals surface area contributed by atoms with E-state index in [9.17, 15) is 19.2 Å². The molecule has 1 N–H and O–H groups in total. The van der Waals surface area contributed by atoms with E-state index >= 15 is 0 Å². The molecule has 2 fully saturated rings. The number of anilines is 2. The van der Waals surface area contributed by atoms with Gasteiger partial charge in [0.05, 0.1) is 38.9 Å². The van der Waals surface area contributed by atoms with Crippen molar-refractivity contribution in [1.82, 2.24) is 0 Å². The maximum absolute atomic E-state index is 12.8. The number of amides is 3. The van der Waals surface area contributed by atoms with Crippen LogP contribution in [0.15, 0.2) is 46.9 Å². The Bertz CT molecular complexity index is 1130. The van der Waals surface area contributed by atoms with Crippen molar-refractivity contribution in [2.75, 3.05) is 16.8 Å². The quantitative estimate of drug-likeness (QED) is 0.301. The third-order valence-corrected chi connectivity index (χ3v) is 8.14. The average Bonchev–Trinajstić information content (AvgIpc) is 3.04. The summed E-state index contributed by atoms with van der Waals surface area (Å²) in [6, 6.07) is 10.7. The van der Waals surface area contributed by atoms with Crippen LogP contribution in [0.5, 0.6) is 0 Å². The van der Waals surface area contributed by atoms with E-state index in [0.717, 1.165) is 4.90 Å². The topological polar surface area (TPSA) is 92.8 Å². The van der Waals surface area contributed by atoms with Gasteiger partial charge in [0.15, 0.2) is 6.61 Å². The van der Waals surface area contributed by atoms with Gasteiger partial charge in [-0.2, -0.15) is 0 Å². The molecule has 1 heterocycles. The standard InChI is InChI=1S/C23H18BrCl3N2O5/c24-16-6-3-12(7-17(16)25)28-20(30)10-34-23(33)11-1-4-13(5-2-11)29-21(31)14-8-18(26)19(27)9-15(14)22(29)32/h1-7,14-15,18-19H,8-10H2,(H,28,30)/t14-,15-,18-,19+/m1/s1. The van der Waals surface area contributed by atoms with Crippen molar-refractivity contribution in [3.05, 3.63) is 57.5 Å². The number of hydrogen-bond acceptors (Lipinski definition) is 5. The van der Waals surface area contributed by atoms with Gasteiger partial charge in [-0.25, -0.2) is 4.79 Å². The Morgan fingerprint density at radius 1 is 1.00 bits per heavy atom. The van der Waals surface area contributed by atoms with E-state index in [1.165, 1.54) is 24.3 Å². The number of nitrogens with zero attached hydrogens (tertiary/aromatic N) is 1. The summed E-state index contributed by atoms with van der Waals surface area (Å²) in [4.78, 5) is 51.2. The summed E-state index contributed by atoms with van der Waals surface area (Å²) in [5.74, 6) is -2.87. The van der Waals surface area contributed by atoms with Gasteiger partial charge < -0.3 is 10.1 Å². The van der Waals surface area contributed by atoms with Crippen LogP contribution >= 0.6 is 50.7 Å². The molecule has 3 amide bonds. The Balaban J connectivity index is 1.36. The number of fused-ring (bicyclic) bond motifs is 1. The second-order valence-corrected chi connectivity index (χ2v) is 10.4. The number of carbonyl (C=O) groups is 4. The molecule has 0 radical (unpaired) electrons. The highest BCUT2D eigenvalue weighted by molar-refractivity contribution is 9.10. The molecule has 2 aromatic carbocycles. The number of benzene rings is 2. The number of nitrogens with one attached hydrogen (secondary N) is 1. The van der Waals surface area contributed by atoms with Gasteiger partial charge in [0, 0.05) is 10.2 Å². The first-order valence-corrected chi connectivity index (χ1v) is 12.4. The summed E-state index contributed by atoms with van der Waals surface area (Å²) in [5, 5.41) is 2.27. The van der Waals surface area contributed by atoms with Gasteiger partial charge in [-0.05, 0) is 71.2 Å². The summed E-state index contributed by atoms with van der Waals surface area (Å²) < 4.78 is 5.74. The van der Waals surface area contributed by atoms with Crippen LogP contribution in [0.4, 0.5) is 11.4 Å². The minimum Gasteiger partial charge on any atom is -0.452 e. The fraction of sp³-hybridized carbons (Fsp3) is 0.304. The molecule has 2 aliphatic rings. The fourth-order valence-electron chi connectivity index (χ4n) is 4.08. The van der Waals surface area contributed by atoms with Crippen molar-refractivity contribution in [1.29, 1.82) is 0 Å². The predicted octanol–water partition coefficient (Wildman–Crippen LogP) is 5.01. The normalized spacial score (nSPS) is 24.1. The zero-order chi connectivity index (χ0) is 24.6. The largest absolute Gasteiger partial charge is 0.452 e. The number of carbonyl (C=O) groups excluding carboxylic acids is 4. The highest BCUT2D eigenvalue weighted by atomic mass is 79.9. The van der Waals surface area contributed by atoms with Gasteiger partial charge in [0.25, 0.3) is 5.91 Å². The maximum atomic E-state index is 12.8. The van der Waals surface area contributed by atoms with Crippen LogP contribution in [-0.2, 0) is 19.1 Å². The number of halogens is 4. The van der Waals surface area contributed by atoms with Crippen molar-refractivity contribution in [3.63, 3.8) is 0 Å². The molecule has 1 aliphatic heterocycles. The van der Waals surface area contributed by atoms with E-state index < -0.39 is 30.3 Å². The molecule has 1 aliphatic carbocycles. The van der Waals surface area contributed by atoms with Gasteiger partial charge in [0.2, 0.25) is 11.8 Å². The minimum atomic E-state index is -0.724. The maximum Gasteiger partial charge on any atom is 0.338 e. The zero-order valence-electron chi connectivity index (χ0n) is 17.5. The van der Waals surface area contributed by atoms with Crippen LogP contribution in [-0.4, -0.2) is 41.1 Å². The second kappa shape index (κ2) is 10.2. The Morgan fingerprint density at radius 3 is 2.15 bits per heavy atom. The summed E-state index contributed by atoms with van der Waals surface area (Å²) >= 11 is 21.7. The second-order valence-electron chi connectivity index (χ2n) is 8.03. The Kier molecular flexibility index (Phi) is 7.52. The molecular weight excluding hydrogens is 571 g/mol. The molecule has 11 heteroatoms. The molecule has 4 rings (SSSR count). The van der Waals surface area contributed by atoms with Crippen LogP contribution in [0.3, 0.4) is 0 Å². The minimum absolute atomic E-state index is 0.168. The van der Waals surface area contributed by atoms with Crippen molar-refractivity contribution < 1.29 is 23.9 Å². The monoisotopic (exact) mass is 586 g/mol. The molecule has 0 bridgehead atoms. The first kappa shape index (κ1) is 25.0. The summed E-state index contributed by atoms with van der Waals surface area (Å²) in [6.45, 7) is -0.500. The zero-order valence-corrected chi connectivity index (χ0v) is 21.3. The Morgan fingerprint density at radius 2 is 1.59 bits per heavy atom. The molecular formula is C23H18BrCl3N2O5. The number of ether oxygens (including phenoxy) is 1. The van der Waals surface area contributed by atoms with Gasteiger partial charge in [-0.15, -0.1) is 23.2 Å². The first-order chi connectivity index (χ1) is 16.2. The van der Waals surface area contributed by atoms with Crippen LogP contribution in [0.2, 0.25) is 5.02 Å². The lowest BCUT2D eigenvalue weighted by molar-refractivity contribution is -0.122. The lowest BCUT2D eigenvalue weighted by Gasteiger charge is -2.28. The van der Waals surface area contributed by atoms with E-state index in [4.69, 9.17) is 39.5 Å². The average molecular weight is 589 g/mol. The molecule has 7 nitrogen and oxygen atoms in total. The number of imide groups is 1. The summed E-state index contributed by atoms with van der Waals surface area (Å²) in [5.41, 5.74) is 0.976. The van der Waals surface area contributed by atoms with E-state index in [1.54, 1.807) is 18.2 Å². The number of rotatable bonds is 5. The molecule has 178 valence electrons. The molecule has 0 spiro atoms. The van der Waals surface area contributed by atoms with E-state index in [1.807, 2.05) is 0 Å². The highest BCUT2D eigenvalue weighted by Gasteiger charge is 2.52. The van der Waals surface area contributed by atoms with Gasteiger partial charge in [0.1, 0.15) is 0 Å². The van der Waals surface area contributed by atoms with E-state index in [0.29, 0.717) is 33.7 Å². The van der Waals surface area contributed by atoms with Crippen LogP contribution in [0.1, 0.15) is 23.2 Å². The lowest BCUT2D eigenvalue weighted by Crippen LogP contribution is -2.34. The number of esters is 1. The molecule has 4 atom stereocenters. The van der Waals surface area contributed by atoms with Gasteiger partial charge in [-0.3, -0.25) is 19.3 Å². The van der Waals surface area contributed by atoms with Gasteiger partial charge >= 0.3 is 5.97 Å². The van der Waals surface area contributed by atoms with Crippen molar-refractivity contribution in [3.8, 4) is 0 Å². The number of alkyl halides is 2. The third-order valence-electron chi connectivity index (χ3n) is 5.81. The lowest BCUT2D eigenvalue weighted by atomic mass is 9.80. The molecule has 2 aromatic rings. The van der Waals surface area contributed by atoms with Crippen molar-refractivity contribution in [2.45, 2.75) is 23.6 Å². The Labute approximate surface area is 218 Å². The molecule has 0 unspecified atom stereocenters. The van der Waals surface area contributed by atoms with Crippen LogP contribution in [0, 0.1) is 11.8 Å². The number of hydrogen-bond donors (Lipinski definition) is 1. The summed E-state index contributed by atoms with van der Waals surface area (Å²) in [6.07, 6.45) is 0.695. The molecule has 34 heavy (non-hydrogen) atoms. The van der Waals surface area contributed by atoms with Crippen molar-refractivity contribution in [2.24, 2.45) is 11.8 Å². The predicted molar refractivity (Wildman–Crippen MR) is 132 cm³/mol. The highest BCUT2D eigenvalue weighted by Crippen LogP contribution is 2.43. The van der Waals surface area contributed by atoms with Crippen molar-refractivity contribution >= 4 is 85.8 Å².